The third-order valence-electron chi connectivity index (χ3n) is 14.2. The van der Waals surface area contributed by atoms with Gasteiger partial charge in [0, 0.05) is 37.5 Å². The van der Waals surface area contributed by atoms with Gasteiger partial charge in [0.05, 0.1) is 49.7 Å². The van der Waals surface area contributed by atoms with Crippen LogP contribution in [-0.4, -0.2) is 95.2 Å². The van der Waals surface area contributed by atoms with Gasteiger partial charge < -0.3 is 43.6 Å². The molecule has 2 spiro atoms. The highest BCUT2D eigenvalue weighted by atomic mass is 28.4. The summed E-state index contributed by atoms with van der Waals surface area (Å²) in [6.07, 6.45) is 7.23. The Kier molecular flexibility index (Phi) is 11.5. The van der Waals surface area contributed by atoms with Crippen molar-refractivity contribution >= 4 is 37.6 Å². The van der Waals surface area contributed by atoms with Crippen LogP contribution in [0, 0.1) is 10.8 Å². The highest BCUT2D eigenvalue weighted by Gasteiger charge is 2.56. The van der Waals surface area contributed by atoms with E-state index in [0.29, 0.717) is 71.7 Å². The second kappa shape index (κ2) is 16.5. The number of hydrogen-bond donors (Lipinski definition) is 1. The Morgan fingerprint density at radius 1 is 0.887 bits per heavy atom. The van der Waals surface area contributed by atoms with Gasteiger partial charge in [-0.15, -0.1) is 0 Å². The maximum absolute atomic E-state index is 14.2. The molecular formula is C48H62N4O9Si. The van der Waals surface area contributed by atoms with Crippen molar-refractivity contribution in [1.82, 2.24) is 9.80 Å². The summed E-state index contributed by atoms with van der Waals surface area (Å²) in [6.45, 7) is 17.5. The molecule has 5 aliphatic rings. The number of nitrogens with two attached hydrogens (primary N) is 1. The Bertz CT molecular complexity index is 2250. The van der Waals surface area contributed by atoms with Crippen molar-refractivity contribution in [3.05, 3.63) is 83.4 Å². The van der Waals surface area contributed by atoms with E-state index in [0.717, 1.165) is 49.7 Å². The van der Waals surface area contributed by atoms with Crippen LogP contribution in [0.15, 0.2) is 61.2 Å². The number of anilines is 2. The summed E-state index contributed by atoms with van der Waals surface area (Å²) in [5.41, 5.74) is 10.2. The standard InChI is InChI=1S/C48H62N4O9Si/c1-9-17-58-45(55)50-25-33-23-47(13-14-47)29-51(33)44(54)36-20-40(57-6)42(22-38(36)50)60-27-32-12-10-11-31(18-32)26-59-41-21-37(49)35(19-39(41)56-5)43(53)52-30-48(15-16-48)24-34(52)28-61-62(7,8)46(2,3)4/h9-12,18-22,33-34H,1,13-17,23-30,49H2,2-8H3/t33-,34-/m0/s1. The van der Waals surface area contributed by atoms with Gasteiger partial charge in [0.2, 0.25) is 0 Å². The summed E-state index contributed by atoms with van der Waals surface area (Å²) < 4.78 is 36.3. The number of carbonyl (C=O) groups is 3. The smallest absolute Gasteiger partial charge is 0.414 e. The SMILES string of the molecule is C=CCOC(=O)N1C[C@@H]2CC3(CC3)CN2C(=O)c2cc(OC)c(OCc3cccc(COc4cc(N)c(C(=O)N5CC6(CC6)C[C@H]5CO[Si](C)(C)C(C)(C)C)cc4OC)c3)cc21. The molecule has 13 nitrogen and oxygen atoms in total. The fraction of sp³-hybridized carbons (Fsp3) is 0.521. The lowest BCUT2D eigenvalue weighted by atomic mass is 10.0. The molecule has 0 aromatic heterocycles. The Hall–Kier alpha value is -5.21. The van der Waals surface area contributed by atoms with Crippen LogP contribution in [0.3, 0.4) is 0 Å². The molecule has 0 bridgehead atoms. The van der Waals surface area contributed by atoms with E-state index in [1.165, 1.54) is 13.2 Å². The van der Waals surface area contributed by atoms with Gasteiger partial charge in [-0.05, 0) is 96.8 Å². The molecule has 8 rings (SSSR count). The number of methoxy groups -OCH3 is 2. The number of benzene rings is 3. The average Bonchev–Trinajstić information content (AvgIpc) is 4.12. The Labute approximate surface area is 366 Å². The van der Waals surface area contributed by atoms with Gasteiger partial charge >= 0.3 is 6.09 Å². The van der Waals surface area contributed by atoms with Gasteiger partial charge in [-0.3, -0.25) is 14.5 Å². The first-order valence-corrected chi connectivity index (χ1v) is 24.7. The molecule has 3 aromatic carbocycles. The molecule has 4 fully saturated rings. The lowest BCUT2D eigenvalue weighted by Gasteiger charge is -2.38. The Morgan fingerprint density at radius 3 is 2.13 bits per heavy atom. The van der Waals surface area contributed by atoms with Crippen LogP contribution in [0.5, 0.6) is 23.0 Å². The van der Waals surface area contributed by atoms with Crippen molar-refractivity contribution in [2.24, 2.45) is 10.8 Å². The monoisotopic (exact) mass is 866 g/mol. The van der Waals surface area contributed by atoms with Gasteiger partial charge in [-0.2, -0.15) is 0 Å². The van der Waals surface area contributed by atoms with Crippen LogP contribution in [0.4, 0.5) is 16.2 Å². The number of ether oxygens (including phenoxy) is 5. The molecule has 2 saturated carbocycles. The largest absolute Gasteiger partial charge is 0.493 e. The van der Waals surface area contributed by atoms with Gasteiger partial charge in [0.15, 0.2) is 31.3 Å². The predicted molar refractivity (Wildman–Crippen MR) is 240 cm³/mol. The van der Waals surface area contributed by atoms with E-state index in [2.05, 4.69) is 40.4 Å². The maximum Gasteiger partial charge on any atom is 0.414 e. The minimum Gasteiger partial charge on any atom is -0.493 e. The number of amides is 3. The third-order valence-corrected chi connectivity index (χ3v) is 18.7. The number of fused-ring (bicyclic) bond motifs is 2. The quantitative estimate of drug-likeness (QED) is 0.0951. The van der Waals surface area contributed by atoms with Crippen molar-refractivity contribution in [2.75, 3.05) is 57.7 Å². The van der Waals surface area contributed by atoms with Crippen molar-refractivity contribution in [1.29, 1.82) is 0 Å². The van der Waals surface area contributed by atoms with E-state index in [4.69, 9.17) is 33.8 Å². The number of nitrogen functional groups attached to an aromatic ring is 1. The van der Waals surface area contributed by atoms with Gasteiger partial charge in [-0.1, -0.05) is 51.6 Å². The number of rotatable bonds is 14. The fourth-order valence-electron chi connectivity index (χ4n) is 9.10. The van der Waals surface area contributed by atoms with E-state index in [-0.39, 0.29) is 59.6 Å². The first kappa shape index (κ1) is 43.4. The lowest BCUT2D eigenvalue weighted by Crippen LogP contribution is -2.46. The lowest BCUT2D eigenvalue weighted by molar-refractivity contribution is 0.0680. The molecule has 2 N–H and O–H groups in total. The maximum atomic E-state index is 14.2. The molecule has 0 radical (unpaired) electrons. The van der Waals surface area contributed by atoms with Crippen LogP contribution in [0.25, 0.3) is 0 Å². The van der Waals surface area contributed by atoms with Crippen LogP contribution < -0.4 is 29.6 Å². The minimum absolute atomic E-state index is 0.00698. The zero-order valence-electron chi connectivity index (χ0n) is 37.3. The first-order chi connectivity index (χ1) is 29.5. The summed E-state index contributed by atoms with van der Waals surface area (Å²) in [7, 11) is 1.08. The van der Waals surface area contributed by atoms with Crippen molar-refractivity contribution in [2.45, 2.75) is 103 Å². The van der Waals surface area contributed by atoms with Gasteiger partial charge in [-0.25, -0.2) is 4.79 Å². The molecule has 3 heterocycles. The normalized spacial score (nSPS) is 20.7. The molecule has 3 amide bonds. The summed E-state index contributed by atoms with van der Waals surface area (Å²) in [5.74, 6) is 1.37. The second-order valence-corrected chi connectivity index (χ2v) is 24.4. The van der Waals surface area contributed by atoms with E-state index in [1.54, 1.807) is 36.3 Å². The highest BCUT2D eigenvalue weighted by Crippen LogP contribution is 2.57. The zero-order chi connectivity index (χ0) is 44.2. The van der Waals surface area contributed by atoms with Crippen molar-refractivity contribution < 1.29 is 42.5 Å². The summed E-state index contributed by atoms with van der Waals surface area (Å²) >= 11 is 0. The molecule has 3 aliphatic heterocycles. The molecule has 2 saturated heterocycles. The van der Waals surface area contributed by atoms with Crippen LogP contribution >= 0.6 is 0 Å². The molecule has 2 atom stereocenters. The van der Waals surface area contributed by atoms with Crippen LogP contribution in [0.1, 0.15) is 91.1 Å². The van der Waals surface area contributed by atoms with E-state index in [9.17, 15) is 14.4 Å². The summed E-state index contributed by atoms with van der Waals surface area (Å²) in [4.78, 5) is 47.1. The Balaban J connectivity index is 0.953. The van der Waals surface area contributed by atoms with Crippen molar-refractivity contribution in [3.63, 3.8) is 0 Å². The van der Waals surface area contributed by atoms with E-state index in [1.807, 2.05) is 34.1 Å². The van der Waals surface area contributed by atoms with E-state index >= 15 is 0 Å². The number of nitrogens with zero attached hydrogens (tertiary/aromatic N) is 3. The highest BCUT2D eigenvalue weighted by molar-refractivity contribution is 6.74. The number of likely N-dealkylation sites (tertiary alicyclic amines) is 1. The number of hydrogen-bond acceptors (Lipinski definition) is 10. The molecule has 62 heavy (non-hydrogen) atoms. The first-order valence-electron chi connectivity index (χ1n) is 21.8. The summed E-state index contributed by atoms with van der Waals surface area (Å²) in [5, 5.41) is 0.0750. The molecule has 332 valence electrons. The Morgan fingerprint density at radius 2 is 1.52 bits per heavy atom. The molecule has 3 aromatic rings. The minimum atomic E-state index is -2.00. The average molecular weight is 867 g/mol. The second-order valence-electron chi connectivity index (χ2n) is 19.6. The molecule has 14 heteroatoms. The van der Waals surface area contributed by atoms with Gasteiger partial charge in [0.1, 0.15) is 19.8 Å². The third kappa shape index (κ3) is 8.60. The van der Waals surface area contributed by atoms with E-state index < -0.39 is 14.4 Å². The predicted octanol–water partition coefficient (Wildman–Crippen LogP) is 8.60. The number of carbonyl (C=O) groups excluding carboxylic acids is 3. The topological polar surface area (TPSA) is 142 Å². The van der Waals surface area contributed by atoms with Crippen LogP contribution in [0.2, 0.25) is 18.1 Å². The molecule has 0 unspecified atom stereocenters. The summed E-state index contributed by atoms with van der Waals surface area (Å²) in [6, 6.07) is 14.4. The molecule has 2 aliphatic carbocycles. The molecular weight excluding hydrogens is 805 g/mol. The zero-order valence-corrected chi connectivity index (χ0v) is 38.3. The van der Waals surface area contributed by atoms with Crippen molar-refractivity contribution in [3.8, 4) is 23.0 Å². The van der Waals surface area contributed by atoms with Gasteiger partial charge in [0.25, 0.3) is 11.8 Å². The fourth-order valence-corrected chi connectivity index (χ4v) is 10.1. The van der Waals surface area contributed by atoms with Crippen LogP contribution in [-0.2, 0) is 22.4 Å².